The molecule has 1 aromatic rings. The van der Waals surface area contributed by atoms with E-state index in [0.29, 0.717) is 0 Å². The van der Waals surface area contributed by atoms with Crippen molar-refractivity contribution in [1.82, 2.24) is 0 Å². The van der Waals surface area contributed by atoms with Gasteiger partial charge in [-0.3, -0.25) is 0 Å². The smallest absolute Gasteiger partial charge is 0.348 e. The Morgan fingerprint density at radius 1 is 1.23 bits per heavy atom. The van der Waals surface area contributed by atoms with Gasteiger partial charge in [0, 0.05) is 17.0 Å². The van der Waals surface area contributed by atoms with Crippen LogP contribution < -0.4 is 0 Å². The molecule has 0 radical (unpaired) electrons. The van der Waals surface area contributed by atoms with Crippen molar-refractivity contribution < 1.29 is 33.3 Å². The number of carboxylic acids is 2. The van der Waals surface area contributed by atoms with Gasteiger partial charge in [-0.25, -0.2) is 18.4 Å². The minimum atomic E-state index is -2.90. The third kappa shape index (κ3) is 4.08. The molecular weight excluding hydrogens is 342 g/mol. The summed E-state index contributed by atoms with van der Waals surface area (Å²) in [5.41, 5.74) is -3.66. The molecule has 0 fully saturated rings. The molecule has 0 saturated carbocycles. The minimum absolute atomic E-state index is 0.245. The van der Waals surface area contributed by atoms with Gasteiger partial charge in [0.15, 0.2) is 0 Å². The van der Waals surface area contributed by atoms with Gasteiger partial charge in [0.2, 0.25) is 0 Å². The van der Waals surface area contributed by atoms with E-state index in [1.165, 1.54) is 13.8 Å². The summed E-state index contributed by atoms with van der Waals surface area (Å²) in [6.45, 7) is 2.59. The number of rotatable bonds is 6. The highest BCUT2D eigenvalue weighted by molar-refractivity contribution is 7.81. The van der Waals surface area contributed by atoms with Gasteiger partial charge in [-0.1, -0.05) is 11.6 Å². The number of carboxylic acid groups (broad SMARTS) is 2. The van der Waals surface area contributed by atoms with E-state index < -0.39 is 46.1 Å². The summed E-state index contributed by atoms with van der Waals surface area (Å²) in [7, 11) is 0. The predicted octanol–water partition coefficient (Wildman–Crippen LogP) is 2.75. The number of halogens is 3. The van der Waals surface area contributed by atoms with Crippen molar-refractivity contribution in [3.63, 3.8) is 0 Å². The fourth-order valence-corrected chi connectivity index (χ4v) is 2.13. The van der Waals surface area contributed by atoms with Crippen molar-refractivity contribution in [1.29, 1.82) is 0 Å². The van der Waals surface area contributed by atoms with Gasteiger partial charge < -0.3 is 14.9 Å². The summed E-state index contributed by atoms with van der Waals surface area (Å²) in [5, 5.41) is 18.2. The second-order valence-electron chi connectivity index (χ2n) is 5.01. The van der Waals surface area contributed by atoms with Crippen LogP contribution in [0, 0.1) is 11.6 Å². The summed E-state index contributed by atoms with van der Waals surface area (Å²) in [6, 6.07) is 1.50. The van der Waals surface area contributed by atoms with Gasteiger partial charge >= 0.3 is 11.9 Å². The van der Waals surface area contributed by atoms with Crippen LogP contribution in [0.25, 0.3) is 0 Å². The number of aliphatic carboxylic acids is 2. The number of hydrogen-bond donors (Lipinski definition) is 3. The topological polar surface area (TPSA) is 83.8 Å². The highest BCUT2D eigenvalue weighted by Crippen LogP contribution is 2.30. The zero-order valence-electron chi connectivity index (χ0n) is 11.6. The van der Waals surface area contributed by atoms with Crippen LogP contribution in [0.3, 0.4) is 0 Å². The van der Waals surface area contributed by atoms with Crippen LogP contribution in [0.4, 0.5) is 8.78 Å². The van der Waals surface area contributed by atoms with E-state index in [1.54, 1.807) is 0 Å². The molecule has 22 heavy (non-hydrogen) atoms. The van der Waals surface area contributed by atoms with Crippen LogP contribution in [0.15, 0.2) is 12.1 Å². The van der Waals surface area contributed by atoms with E-state index in [9.17, 15) is 28.6 Å². The average molecular weight is 355 g/mol. The van der Waals surface area contributed by atoms with Gasteiger partial charge in [-0.2, -0.15) is 0 Å². The zero-order valence-corrected chi connectivity index (χ0v) is 13.2. The molecule has 0 unspecified atom stereocenters. The summed E-state index contributed by atoms with van der Waals surface area (Å²) in [6.07, 6.45) is -1.07. The largest absolute Gasteiger partial charge is 0.479 e. The quantitative estimate of drug-likeness (QED) is 0.415. The fourth-order valence-electron chi connectivity index (χ4n) is 1.78. The lowest BCUT2D eigenvalue weighted by atomic mass is 9.93. The van der Waals surface area contributed by atoms with Crippen molar-refractivity contribution in [2.24, 2.45) is 0 Å². The van der Waals surface area contributed by atoms with Crippen molar-refractivity contribution in [2.45, 2.75) is 30.8 Å². The Hall–Kier alpha value is -1.38. The molecule has 9 heteroatoms. The van der Waals surface area contributed by atoms with Crippen molar-refractivity contribution in [3.8, 4) is 0 Å². The lowest BCUT2D eigenvalue weighted by Gasteiger charge is -2.32. The Morgan fingerprint density at radius 2 is 1.64 bits per heavy atom. The molecule has 0 spiro atoms. The third-order valence-electron chi connectivity index (χ3n) is 2.65. The molecule has 0 amide bonds. The molecule has 0 aromatic heterocycles. The van der Waals surface area contributed by atoms with Crippen LogP contribution in [0.1, 0.15) is 19.4 Å². The molecule has 0 atom stereocenters. The first-order chi connectivity index (χ1) is 9.89. The number of ether oxygens (including phenoxy) is 1. The molecule has 0 aliphatic rings. The lowest BCUT2D eigenvalue weighted by molar-refractivity contribution is -0.191. The SMILES string of the molecule is CC(C)(S)OC(Cc1c(F)cc(Cl)cc1F)(C(=O)O)C(=O)O. The highest BCUT2D eigenvalue weighted by atomic mass is 35.5. The van der Waals surface area contributed by atoms with Crippen LogP contribution in [-0.4, -0.2) is 32.7 Å². The first-order valence-electron chi connectivity index (χ1n) is 5.92. The normalized spacial score (nSPS) is 12.3. The molecule has 2 N–H and O–H groups in total. The molecule has 122 valence electrons. The second kappa shape index (κ2) is 6.39. The molecule has 1 aromatic carbocycles. The molecule has 1 rings (SSSR count). The molecule has 0 heterocycles. The first kappa shape index (κ1) is 18.7. The molecular formula is C13H13ClF2O5S. The fraction of sp³-hybridized carbons (Fsp3) is 0.385. The van der Waals surface area contributed by atoms with E-state index in [2.05, 4.69) is 12.6 Å². The Morgan fingerprint density at radius 3 is 1.95 bits per heavy atom. The van der Waals surface area contributed by atoms with Crippen LogP contribution in [-0.2, 0) is 20.7 Å². The van der Waals surface area contributed by atoms with E-state index in [-0.39, 0.29) is 5.02 Å². The molecule has 5 nitrogen and oxygen atoms in total. The lowest BCUT2D eigenvalue weighted by Crippen LogP contribution is -2.54. The Bertz CT molecular complexity index is 578. The maximum Gasteiger partial charge on any atom is 0.348 e. The van der Waals surface area contributed by atoms with E-state index in [0.717, 1.165) is 12.1 Å². The van der Waals surface area contributed by atoms with Gasteiger partial charge in [0.05, 0.1) is 0 Å². The van der Waals surface area contributed by atoms with Gasteiger partial charge in [-0.05, 0) is 26.0 Å². The van der Waals surface area contributed by atoms with Crippen molar-refractivity contribution in [3.05, 3.63) is 34.4 Å². The standard InChI is InChI=1S/C13H13ClF2O5S/c1-12(2,22)21-13(10(17)18,11(19)20)5-7-8(15)3-6(14)4-9(7)16/h3-4,22H,5H2,1-2H3,(H,17,18)(H,19,20). The highest BCUT2D eigenvalue weighted by Gasteiger charge is 2.52. The Kier molecular flexibility index (Phi) is 5.42. The second-order valence-corrected chi connectivity index (χ2v) is 6.52. The van der Waals surface area contributed by atoms with E-state index in [4.69, 9.17) is 16.3 Å². The van der Waals surface area contributed by atoms with Gasteiger partial charge in [0.1, 0.15) is 16.6 Å². The van der Waals surface area contributed by atoms with Crippen molar-refractivity contribution in [2.75, 3.05) is 0 Å². The number of hydrogen-bond acceptors (Lipinski definition) is 4. The molecule has 0 aliphatic heterocycles. The zero-order chi connectivity index (χ0) is 17.3. The Balaban J connectivity index is 3.42. The van der Waals surface area contributed by atoms with E-state index >= 15 is 0 Å². The van der Waals surface area contributed by atoms with Gasteiger partial charge in [0.25, 0.3) is 5.60 Å². The monoisotopic (exact) mass is 354 g/mol. The summed E-state index contributed by atoms with van der Waals surface area (Å²) < 4.78 is 32.6. The third-order valence-corrected chi connectivity index (χ3v) is 2.96. The van der Waals surface area contributed by atoms with Crippen molar-refractivity contribution >= 4 is 36.2 Å². The van der Waals surface area contributed by atoms with Gasteiger partial charge in [-0.15, -0.1) is 12.6 Å². The average Bonchev–Trinajstić information content (AvgIpc) is 2.29. The molecule has 0 aliphatic carbocycles. The van der Waals surface area contributed by atoms with Crippen LogP contribution in [0.5, 0.6) is 0 Å². The summed E-state index contributed by atoms with van der Waals surface area (Å²) in [5.74, 6) is -6.15. The molecule has 0 bridgehead atoms. The first-order valence-corrected chi connectivity index (χ1v) is 6.74. The maximum atomic E-state index is 13.8. The van der Waals surface area contributed by atoms with E-state index in [1.807, 2.05) is 0 Å². The molecule has 0 saturated heterocycles. The minimum Gasteiger partial charge on any atom is -0.479 e. The van der Waals surface area contributed by atoms with Crippen LogP contribution in [0.2, 0.25) is 5.02 Å². The number of carbonyl (C=O) groups is 2. The number of thiol groups is 1. The predicted molar refractivity (Wildman–Crippen MR) is 77.2 cm³/mol. The summed E-state index contributed by atoms with van der Waals surface area (Å²) in [4.78, 5) is 21.4. The number of benzene rings is 1. The Labute approximate surface area is 135 Å². The van der Waals surface area contributed by atoms with Crippen LogP contribution >= 0.6 is 24.2 Å². The maximum absolute atomic E-state index is 13.8. The summed E-state index contributed by atoms with van der Waals surface area (Å²) >= 11 is 9.38.